The molecule has 3 aromatic heterocycles. The van der Waals surface area contributed by atoms with E-state index in [1.165, 1.54) is 41.2 Å². The van der Waals surface area contributed by atoms with Gasteiger partial charge in [-0.1, -0.05) is 34.5 Å². The molecule has 0 aliphatic carbocycles. The van der Waals surface area contributed by atoms with E-state index in [-0.39, 0.29) is 78.6 Å². The third-order valence-electron chi connectivity index (χ3n) is 13.4. The zero-order chi connectivity index (χ0) is 54.6. The fourth-order valence-electron chi connectivity index (χ4n) is 9.60. The molecule has 1 unspecified atom stereocenters. The van der Waals surface area contributed by atoms with Gasteiger partial charge in [0.25, 0.3) is 11.8 Å². The SMILES string of the molecule is Cc1nc([C@@H]2O[C@H](CO)[C@H](O)[C@H](n3cc(-c4cc(F)c(Cl)c(F)c4)nn3)[C@H]2OCC(=O)N2CC(COc3ccc(C(=O)Nc4cccc5c4CN(C4CCC(=O)NC4=O)C5=O)nc3)C2)n(-c2cc(Cl)ccc2C(F)(F)F)n1. The van der Waals surface area contributed by atoms with E-state index in [0.29, 0.717) is 22.6 Å². The number of benzene rings is 3. The van der Waals surface area contributed by atoms with Crippen LogP contribution >= 0.6 is 23.2 Å². The van der Waals surface area contributed by atoms with Crippen molar-refractivity contribution in [3.8, 4) is 22.7 Å². The first-order valence-corrected chi connectivity index (χ1v) is 24.4. The Morgan fingerprint density at radius 2 is 1.79 bits per heavy atom. The maximum absolute atomic E-state index is 14.6. The minimum atomic E-state index is -4.92. The smallest absolute Gasteiger partial charge is 0.418 e. The molecule has 77 heavy (non-hydrogen) atoms. The number of ether oxygens (including phenoxy) is 3. The third-order valence-corrected chi connectivity index (χ3v) is 14.0. The van der Waals surface area contributed by atoms with Crippen molar-refractivity contribution in [3.63, 3.8) is 0 Å². The highest BCUT2D eigenvalue weighted by atomic mass is 35.5. The van der Waals surface area contributed by atoms with Crippen LogP contribution < -0.4 is 15.4 Å². The summed E-state index contributed by atoms with van der Waals surface area (Å²) in [6.45, 7) is 0.378. The summed E-state index contributed by atoms with van der Waals surface area (Å²) in [6, 6.07) is 10.1. The van der Waals surface area contributed by atoms with Crippen molar-refractivity contribution >= 4 is 58.4 Å². The summed E-state index contributed by atoms with van der Waals surface area (Å²) >= 11 is 11.9. The van der Waals surface area contributed by atoms with Crippen molar-refractivity contribution in [1.82, 2.24) is 49.9 Å². The van der Waals surface area contributed by atoms with Crippen molar-refractivity contribution in [2.24, 2.45) is 5.92 Å². The summed E-state index contributed by atoms with van der Waals surface area (Å²) in [4.78, 5) is 76.0. The summed E-state index contributed by atoms with van der Waals surface area (Å²) in [6.07, 6.45) is -8.52. The number of halogens is 7. The van der Waals surface area contributed by atoms with Gasteiger partial charge in [0.2, 0.25) is 17.7 Å². The van der Waals surface area contributed by atoms with Gasteiger partial charge in [-0.15, -0.1) is 5.10 Å². The second kappa shape index (κ2) is 21.1. The Labute approximate surface area is 441 Å². The molecule has 0 spiro atoms. The molecule has 0 radical (unpaired) electrons. The van der Waals surface area contributed by atoms with Gasteiger partial charge < -0.3 is 39.5 Å². The fourth-order valence-corrected chi connectivity index (χ4v) is 9.88. The number of aryl methyl sites for hydroxylation is 1. The van der Waals surface area contributed by atoms with Crippen LogP contribution in [0.3, 0.4) is 0 Å². The van der Waals surface area contributed by atoms with Crippen LogP contribution in [0.2, 0.25) is 10.0 Å². The van der Waals surface area contributed by atoms with Crippen LogP contribution in [0.25, 0.3) is 16.9 Å². The number of alkyl halides is 3. The minimum absolute atomic E-state index is 0.0245. The molecular weight excluding hydrogens is 1070 g/mol. The molecule has 4 aliphatic heterocycles. The second-order valence-corrected chi connectivity index (χ2v) is 19.3. The Hall–Kier alpha value is -7.49. The second-order valence-electron chi connectivity index (χ2n) is 18.5. The van der Waals surface area contributed by atoms with Gasteiger partial charge in [0.05, 0.1) is 36.9 Å². The molecule has 0 bridgehead atoms. The van der Waals surface area contributed by atoms with Crippen molar-refractivity contribution in [3.05, 3.63) is 129 Å². The predicted molar refractivity (Wildman–Crippen MR) is 256 cm³/mol. The van der Waals surface area contributed by atoms with Gasteiger partial charge in [-0.25, -0.2) is 28.1 Å². The number of piperidine rings is 1. The van der Waals surface area contributed by atoms with Crippen LogP contribution in [0.15, 0.2) is 73.1 Å². The molecular formula is C49H42Cl2F5N11O10. The van der Waals surface area contributed by atoms with Crippen LogP contribution in [0.5, 0.6) is 5.75 Å². The monoisotopic (exact) mass is 1110 g/mol. The molecule has 28 heteroatoms. The first kappa shape index (κ1) is 52.9. The molecule has 3 aromatic carbocycles. The number of hydrogen-bond donors (Lipinski definition) is 4. The number of imide groups is 1. The molecule has 5 amide bonds. The highest BCUT2D eigenvalue weighted by Crippen LogP contribution is 2.43. The largest absolute Gasteiger partial charge is 0.492 e. The molecule has 4 aliphatic rings. The molecule has 0 saturated carbocycles. The average Bonchev–Trinajstić information content (AvgIpc) is 4.15. The Kier molecular flexibility index (Phi) is 14.5. The van der Waals surface area contributed by atoms with Gasteiger partial charge in [0.1, 0.15) is 82.7 Å². The number of hydrogen-bond acceptors (Lipinski definition) is 15. The van der Waals surface area contributed by atoms with Gasteiger partial charge in [0, 0.05) is 59.4 Å². The van der Waals surface area contributed by atoms with E-state index in [1.54, 1.807) is 18.2 Å². The summed E-state index contributed by atoms with van der Waals surface area (Å²) in [5.74, 6) is -4.97. The van der Waals surface area contributed by atoms with Gasteiger partial charge in [0.15, 0.2) is 5.82 Å². The fraction of sp³-hybridized carbons (Fsp3) is 0.347. The third kappa shape index (κ3) is 10.5. The Balaban J connectivity index is 0.817. The molecule has 6 atom stereocenters. The summed E-state index contributed by atoms with van der Waals surface area (Å²) in [5, 5.41) is 38.7. The maximum atomic E-state index is 14.6. The van der Waals surface area contributed by atoms with Crippen LogP contribution in [0, 0.1) is 24.5 Å². The lowest BCUT2D eigenvalue weighted by atomic mass is 9.91. The molecule has 402 valence electrons. The van der Waals surface area contributed by atoms with Crippen molar-refractivity contribution < 1.29 is 70.3 Å². The standard InChI is InChI=1S/C49H42Cl2F5N11O10/c1-22-58-45(67(62-22)36-13-25(50)5-7-29(36)49(54,55)56)44-43(41(42(71)37(19-68)77-44)66-18-34(61-63-66)24-11-30(52)40(51)31(53)12-24)76-21-39(70)64-15-23(16-64)20-75-26-6-8-33(57-14-26)46(72)59-32-4-2-3-27-28(32)17-65(48(27)74)35-9-10-38(69)60-47(35)73/h2-8,11-14,18,23,35,37,41-44,68,71H,9-10,15-17,19-21H2,1H3,(H,59,72)(H,60,69,73)/t35?,37-,41+,42+,43-,44-/m1/s1. The highest BCUT2D eigenvalue weighted by molar-refractivity contribution is 6.31. The topological polar surface area (TPSA) is 258 Å². The molecule has 21 nitrogen and oxygen atoms in total. The van der Waals surface area contributed by atoms with Crippen LogP contribution in [-0.4, -0.2) is 142 Å². The molecule has 3 fully saturated rings. The number of fused-ring (bicyclic) bond motifs is 1. The van der Waals surface area contributed by atoms with Crippen molar-refractivity contribution in [1.29, 1.82) is 0 Å². The van der Waals surface area contributed by atoms with E-state index in [2.05, 4.69) is 36.0 Å². The van der Waals surface area contributed by atoms with Gasteiger partial charge in [-0.3, -0.25) is 29.3 Å². The number of aromatic nitrogens is 7. The Morgan fingerprint density at radius 1 is 1.03 bits per heavy atom. The molecule has 6 aromatic rings. The molecule has 7 heterocycles. The average molecular weight is 1110 g/mol. The van der Waals surface area contributed by atoms with Crippen LogP contribution in [0.1, 0.15) is 68.6 Å². The number of aliphatic hydroxyl groups is 2. The van der Waals surface area contributed by atoms with Gasteiger partial charge >= 0.3 is 6.18 Å². The van der Waals surface area contributed by atoms with E-state index >= 15 is 0 Å². The molecule has 3 saturated heterocycles. The molecule has 4 N–H and O–H groups in total. The lowest BCUT2D eigenvalue weighted by molar-refractivity contribution is -0.225. The number of rotatable bonds is 14. The highest BCUT2D eigenvalue weighted by Gasteiger charge is 2.51. The number of aliphatic hydroxyl groups excluding tert-OH is 2. The lowest BCUT2D eigenvalue weighted by Gasteiger charge is -2.44. The molecule has 10 rings (SSSR count). The van der Waals surface area contributed by atoms with E-state index in [9.17, 15) is 56.1 Å². The number of carbonyl (C=O) groups excluding carboxylic acids is 5. The Morgan fingerprint density at radius 3 is 2.49 bits per heavy atom. The zero-order valence-corrected chi connectivity index (χ0v) is 41.5. The van der Waals surface area contributed by atoms with E-state index in [0.717, 1.165) is 39.7 Å². The number of carbonyl (C=O) groups is 5. The lowest BCUT2D eigenvalue weighted by Crippen LogP contribution is -2.56. The van der Waals surface area contributed by atoms with E-state index < -0.39 is 113 Å². The number of nitrogens with zero attached hydrogens (tertiary/aromatic N) is 9. The number of pyridine rings is 1. The summed E-state index contributed by atoms with van der Waals surface area (Å²) < 4.78 is 92.8. The van der Waals surface area contributed by atoms with Crippen molar-refractivity contribution in [2.45, 2.75) is 69.0 Å². The Bertz CT molecular complexity index is 3300. The van der Waals surface area contributed by atoms with E-state index in [4.69, 9.17) is 37.4 Å². The van der Waals surface area contributed by atoms with Gasteiger partial charge in [-0.2, -0.15) is 18.3 Å². The van der Waals surface area contributed by atoms with Crippen LogP contribution in [0.4, 0.5) is 27.6 Å². The number of likely N-dealkylation sites (tertiary alicyclic amines) is 1. The van der Waals surface area contributed by atoms with Crippen molar-refractivity contribution in [2.75, 3.05) is 38.2 Å². The number of nitrogens with one attached hydrogen (secondary N) is 2. The van der Waals surface area contributed by atoms with Crippen LogP contribution in [-0.2, 0) is 36.6 Å². The van der Waals surface area contributed by atoms with E-state index in [1.807, 2.05) is 0 Å². The first-order valence-electron chi connectivity index (χ1n) is 23.6. The number of amides is 5. The normalized spacial score (nSPS) is 21.7. The van der Waals surface area contributed by atoms with Gasteiger partial charge in [-0.05, 0) is 67.9 Å². The summed E-state index contributed by atoms with van der Waals surface area (Å²) in [5.41, 5.74) is -0.745. The summed E-state index contributed by atoms with van der Waals surface area (Å²) in [7, 11) is 0. The number of anilines is 1. The zero-order valence-electron chi connectivity index (χ0n) is 40.0. The maximum Gasteiger partial charge on any atom is 0.418 e. The predicted octanol–water partition coefficient (Wildman–Crippen LogP) is 4.80. The minimum Gasteiger partial charge on any atom is -0.492 e. The first-order chi connectivity index (χ1) is 36.8. The quantitative estimate of drug-likeness (QED) is 0.0649.